The average Bonchev–Trinajstić information content (AvgIpc) is 3.18. The Hall–Kier alpha value is -0.723. The van der Waals surface area contributed by atoms with Crippen molar-refractivity contribution in [3.8, 4) is 0 Å². The lowest BCUT2D eigenvalue weighted by Crippen LogP contribution is -2.66. The Morgan fingerprint density at radius 3 is 1.53 bits per heavy atom. The lowest BCUT2D eigenvalue weighted by atomic mass is 10.7. The quantitative estimate of drug-likeness (QED) is 0.656. The fourth-order valence-corrected chi connectivity index (χ4v) is 11.9. The fourth-order valence-electron chi connectivity index (χ4n) is 2.23. The van der Waals surface area contributed by atoms with Crippen molar-refractivity contribution in [1.29, 1.82) is 0 Å². The van der Waals surface area contributed by atoms with Gasteiger partial charge in [0.1, 0.15) is 0 Å². The zero-order chi connectivity index (χ0) is 13.1. The van der Waals surface area contributed by atoms with Crippen LogP contribution in [0.15, 0.2) is 52.5 Å². The van der Waals surface area contributed by atoms with Crippen LogP contribution in [0, 0.1) is 0 Å². The summed E-state index contributed by atoms with van der Waals surface area (Å²) in [5.74, 6) is 0. The molecule has 0 aromatic carbocycles. The SMILES string of the molecule is CCO[Si](c1cccs1)(c1cccs1)c1cccs1. The summed E-state index contributed by atoms with van der Waals surface area (Å²) in [6.45, 7) is 2.84. The molecule has 0 amide bonds. The Labute approximate surface area is 126 Å². The minimum atomic E-state index is -2.21. The highest BCUT2D eigenvalue weighted by atomic mass is 32.1. The summed E-state index contributed by atoms with van der Waals surface area (Å²) in [4.78, 5) is 0. The minimum Gasteiger partial charge on any atom is -0.403 e. The standard InChI is InChI=1S/C14H14OS3Si/c1-2-15-19(12-6-3-9-16-12,13-7-4-10-17-13)14-8-5-11-18-14/h3-11H,2H2,1H3. The average molecular weight is 323 g/mol. The van der Waals surface area contributed by atoms with Crippen LogP contribution in [0.4, 0.5) is 0 Å². The van der Waals surface area contributed by atoms with E-state index in [1.165, 1.54) is 13.5 Å². The van der Waals surface area contributed by atoms with Gasteiger partial charge in [0.05, 0.1) is 0 Å². The minimum absolute atomic E-state index is 0.750. The van der Waals surface area contributed by atoms with Gasteiger partial charge < -0.3 is 4.43 Å². The monoisotopic (exact) mass is 322 g/mol. The van der Waals surface area contributed by atoms with Crippen LogP contribution in [-0.4, -0.2) is 14.9 Å². The molecule has 0 spiro atoms. The van der Waals surface area contributed by atoms with Gasteiger partial charge in [-0.15, -0.1) is 0 Å². The fraction of sp³-hybridized carbons (Fsp3) is 0.143. The number of hydrogen-bond donors (Lipinski definition) is 0. The van der Waals surface area contributed by atoms with Gasteiger partial charge in [0, 0.05) is 20.1 Å². The van der Waals surface area contributed by atoms with Crippen LogP contribution in [0.5, 0.6) is 0 Å². The first-order chi connectivity index (χ1) is 9.38. The third kappa shape index (κ3) is 2.26. The number of thiophene rings is 3. The topological polar surface area (TPSA) is 9.23 Å². The van der Waals surface area contributed by atoms with Crippen LogP contribution in [0.1, 0.15) is 6.92 Å². The van der Waals surface area contributed by atoms with Gasteiger partial charge in [0.15, 0.2) is 0 Å². The molecule has 1 nitrogen and oxygen atoms in total. The van der Waals surface area contributed by atoms with Gasteiger partial charge in [-0.05, 0) is 41.3 Å². The second kappa shape index (κ2) is 5.72. The second-order valence-corrected chi connectivity index (χ2v) is 11.2. The molecular formula is C14H14OS3Si. The van der Waals surface area contributed by atoms with E-state index in [9.17, 15) is 0 Å². The Bertz CT molecular complexity index is 515. The molecule has 98 valence electrons. The van der Waals surface area contributed by atoms with Crippen molar-refractivity contribution < 1.29 is 4.43 Å². The maximum atomic E-state index is 6.43. The van der Waals surface area contributed by atoms with Crippen LogP contribution >= 0.6 is 34.0 Å². The van der Waals surface area contributed by atoms with Crippen molar-refractivity contribution in [2.24, 2.45) is 0 Å². The van der Waals surface area contributed by atoms with E-state index < -0.39 is 8.32 Å². The Balaban J connectivity index is 2.24. The van der Waals surface area contributed by atoms with Gasteiger partial charge in [-0.2, -0.15) is 34.0 Å². The molecule has 3 aromatic heterocycles. The third-order valence-corrected chi connectivity index (χ3v) is 12.0. The lowest BCUT2D eigenvalue weighted by molar-refractivity contribution is 0.349. The Morgan fingerprint density at radius 2 is 1.26 bits per heavy atom. The van der Waals surface area contributed by atoms with Gasteiger partial charge in [0.2, 0.25) is 0 Å². The molecule has 0 saturated carbocycles. The van der Waals surface area contributed by atoms with Crippen molar-refractivity contribution >= 4 is 55.8 Å². The highest BCUT2D eigenvalue weighted by molar-refractivity contribution is 7.43. The summed E-state index contributed by atoms with van der Waals surface area (Å²) < 4.78 is 10.6. The van der Waals surface area contributed by atoms with Crippen LogP contribution in [0.25, 0.3) is 0 Å². The van der Waals surface area contributed by atoms with E-state index >= 15 is 0 Å². The molecular weight excluding hydrogens is 308 g/mol. The number of rotatable bonds is 5. The van der Waals surface area contributed by atoms with E-state index in [-0.39, 0.29) is 0 Å². The van der Waals surface area contributed by atoms with E-state index in [1.54, 1.807) is 0 Å². The molecule has 0 aliphatic heterocycles. The second-order valence-electron chi connectivity index (χ2n) is 4.05. The predicted octanol–water partition coefficient (Wildman–Crippen LogP) is 2.87. The van der Waals surface area contributed by atoms with Gasteiger partial charge >= 0.3 is 8.32 Å². The van der Waals surface area contributed by atoms with E-state index in [0.29, 0.717) is 0 Å². The smallest absolute Gasteiger partial charge is 0.318 e. The van der Waals surface area contributed by atoms with Gasteiger partial charge in [-0.25, -0.2) is 0 Å². The van der Waals surface area contributed by atoms with E-state index in [2.05, 4.69) is 59.5 Å². The van der Waals surface area contributed by atoms with Crippen LogP contribution in [-0.2, 0) is 4.43 Å². The molecule has 0 N–H and O–H groups in total. The maximum Gasteiger partial charge on any atom is 0.318 e. The van der Waals surface area contributed by atoms with Gasteiger partial charge in [-0.3, -0.25) is 0 Å². The molecule has 0 bridgehead atoms. The maximum absolute atomic E-state index is 6.43. The molecule has 3 rings (SSSR count). The molecule has 19 heavy (non-hydrogen) atoms. The van der Waals surface area contributed by atoms with Gasteiger partial charge in [-0.1, -0.05) is 18.2 Å². The highest BCUT2D eigenvalue weighted by Gasteiger charge is 2.44. The molecule has 0 saturated heterocycles. The molecule has 0 unspecified atom stereocenters. The highest BCUT2D eigenvalue weighted by Crippen LogP contribution is 2.17. The molecule has 0 atom stereocenters. The zero-order valence-electron chi connectivity index (χ0n) is 10.5. The number of hydrogen-bond acceptors (Lipinski definition) is 4. The van der Waals surface area contributed by atoms with Crippen molar-refractivity contribution in [1.82, 2.24) is 0 Å². The van der Waals surface area contributed by atoms with Crippen molar-refractivity contribution in [3.63, 3.8) is 0 Å². The zero-order valence-corrected chi connectivity index (χ0v) is 14.0. The molecule has 0 radical (unpaired) electrons. The van der Waals surface area contributed by atoms with Crippen LogP contribution in [0.2, 0.25) is 0 Å². The molecule has 0 aliphatic rings. The Morgan fingerprint density at radius 1 is 0.842 bits per heavy atom. The van der Waals surface area contributed by atoms with E-state index in [1.807, 2.05) is 34.0 Å². The van der Waals surface area contributed by atoms with Crippen molar-refractivity contribution in [2.45, 2.75) is 6.92 Å². The first kappa shape index (κ1) is 13.3. The van der Waals surface area contributed by atoms with E-state index in [0.717, 1.165) is 6.61 Å². The molecule has 3 aromatic rings. The molecule has 3 heterocycles. The summed E-state index contributed by atoms with van der Waals surface area (Å²) in [7, 11) is -2.21. The largest absolute Gasteiger partial charge is 0.403 e. The summed E-state index contributed by atoms with van der Waals surface area (Å²) in [6, 6.07) is 13.1. The molecule has 5 heteroatoms. The predicted molar refractivity (Wildman–Crippen MR) is 89.2 cm³/mol. The normalized spacial score (nSPS) is 11.8. The van der Waals surface area contributed by atoms with Crippen LogP contribution < -0.4 is 13.5 Å². The van der Waals surface area contributed by atoms with Gasteiger partial charge in [0.25, 0.3) is 0 Å². The first-order valence-corrected chi connectivity index (χ1v) is 10.7. The van der Waals surface area contributed by atoms with Crippen molar-refractivity contribution in [3.05, 3.63) is 52.5 Å². The summed E-state index contributed by atoms with van der Waals surface area (Å²) in [5, 5.41) is 6.45. The first-order valence-electron chi connectivity index (χ1n) is 6.14. The Kier molecular flexibility index (Phi) is 4.00. The van der Waals surface area contributed by atoms with E-state index in [4.69, 9.17) is 4.43 Å². The molecule has 0 aliphatic carbocycles. The molecule has 0 fully saturated rings. The third-order valence-electron chi connectivity index (χ3n) is 2.97. The van der Waals surface area contributed by atoms with Crippen molar-refractivity contribution in [2.75, 3.05) is 6.61 Å². The lowest BCUT2D eigenvalue weighted by Gasteiger charge is -2.27. The van der Waals surface area contributed by atoms with Crippen LogP contribution in [0.3, 0.4) is 0 Å². The summed E-state index contributed by atoms with van der Waals surface area (Å²) in [6.07, 6.45) is 0. The summed E-state index contributed by atoms with van der Waals surface area (Å²) in [5.41, 5.74) is 0. The summed E-state index contributed by atoms with van der Waals surface area (Å²) >= 11 is 5.45.